The highest BCUT2D eigenvalue weighted by Crippen LogP contribution is 2.34. The van der Waals surface area contributed by atoms with Crippen molar-refractivity contribution in [3.8, 4) is 11.5 Å². The average molecular weight is 541 g/mol. The molecule has 1 N–H and O–H groups in total. The van der Waals surface area contributed by atoms with Crippen LogP contribution in [0, 0.1) is 0 Å². The molecule has 0 saturated carbocycles. The van der Waals surface area contributed by atoms with Crippen molar-refractivity contribution in [2.45, 2.75) is 19.6 Å². The zero-order valence-corrected chi connectivity index (χ0v) is 21.0. The second-order valence-corrected chi connectivity index (χ2v) is 8.64. The number of hydrogen-bond acceptors (Lipinski definition) is 4. The van der Waals surface area contributed by atoms with E-state index in [0.717, 1.165) is 31.3 Å². The average Bonchev–Trinajstić information content (AvgIpc) is 2.84. The highest BCUT2D eigenvalue weighted by atomic mass is 35.5. The van der Waals surface area contributed by atoms with Gasteiger partial charge in [-0.2, -0.15) is 13.2 Å². The van der Waals surface area contributed by atoms with Gasteiger partial charge in [0.05, 0.1) is 15.6 Å². The molecule has 0 atom stereocenters. The van der Waals surface area contributed by atoms with Crippen LogP contribution in [0.5, 0.6) is 11.5 Å². The van der Waals surface area contributed by atoms with E-state index in [0.29, 0.717) is 29.6 Å². The zero-order chi connectivity index (χ0) is 26.1. The lowest BCUT2D eigenvalue weighted by Crippen LogP contribution is -2.27. The standard InChI is InChI=1S/C26H25Cl2F3N2O3/c1-2-33(16-18-6-4-3-5-7-18)12-13-35-23-11-9-20(15-22(23)28)32-25(34)17-36-24-10-8-19(14-21(24)27)26(29,30)31/h3-11,14-15H,2,12-13,16-17H2,1H3,(H,32,34). The van der Waals surface area contributed by atoms with Gasteiger partial charge in [0.15, 0.2) is 6.61 Å². The van der Waals surface area contributed by atoms with Gasteiger partial charge in [0.2, 0.25) is 0 Å². The fourth-order valence-electron chi connectivity index (χ4n) is 3.31. The smallest absolute Gasteiger partial charge is 0.416 e. The van der Waals surface area contributed by atoms with Gasteiger partial charge in [-0.3, -0.25) is 9.69 Å². The van der Waals surface area contributed by atoms with Gasteiger partial charge >= 0.3 is 6.18 Å². The summed E-state index contributed by atoms with van der Waals surface area (Å²) >= 11 is 12.1. The lowest BCUT2D eigenvalue weighted by atomic mass is 10.2. The van der Waals surface area contributed by atoms with Gasteiger partial charge in [-0.1, -0.05) is 60.5 Å². The summed E-state index contributed by atoms with van der Waals surface area (Å²) in [5, 5.41) is 2.69. The summed E-state index contributed by atoms with van der Waals surface area (Å²) in [7, 11) is 0. The molecule has 1 amide bonds. The van der Waals surface area contributed by atoms with Crippen LogP contribution in [0.25, 0.3) is 0 Å². The number of anilines is 1. The minimum absolute atomic E-state index is 0.0324. The first kappa shape index (κ1) is 27.6. The summed E-state index contributed by atoms with van der Waals surface area (Å²) in [6.07, 6.45) is -4.52. The van der Waals surface area contributed by atoms with Gasteiger partial charge < -0.3 is 14.8 Å². The molecule has 0 spiro atoms. The van der Waals surface area contributed by atoms with Crippen LogP contribution in [0.3, 0.4) is 0 Å². The SMILES string of the molecule is CCN(CCOc1ccc(NC(=O)COc2ccc(C(F)(F)F)cc2Cl)cc1Cl)Cc1ccccc1. The molecule has 0 aliphatic rings. The monoisotopic (exact) mass is 540 g/mol. The Balaban J connectivity index is 1.47. The molecule has 0 aliphatic carbocycles. The summed E-state index contributed by atoms with van der Waals surface area (Å²) in [4.78, 5) is 14.5. The molecule has 10 heteroatoms. The van der Waals surface area contributed by atoms with Gasteiger partial charge in [0.25, 0.3) is 5.91 Å². The molecular formula is C26H25Cl2F3N2O3. The number of halogens is 5. The first-order chi connectivity index (χ1) is 17.2. The van der Waals surface area contributed by atoms with E-state index in [1.165, 1.54) is 5.56 Å². The van der Waals surface area contributed by atoms with Crippen LogP contribution in [0.1, 0.15) is 18.1 Å². The molecule has 5 nitrogen and oxygen atoms in total. The molecule has 0 saturated heterocycles. The molecule has 0 unspecified atom stereocenters. The molecule has 0 fully saturated rings. The van der Waals surface area contributed by atoms with Crippen molar-refractivity contribution in [3.63, 3.8) is 0 Å². The van der Waals surface area contributed by atoms with Crippen LogP contribution >= 0.6 is 23.2 Å². The summed E-state index contributed by atoms with van der Waals surface area (Å²) in [5.41, 5.74) is 0.737. The van der Waals surface area contributed by atoms with E-state index in [-0.39, 0.29) is 10.8 Å². The highest BCUT2D eigenvalue weighted by Gasteiger charge is 2.31. The summed E-state index contributed by atoms with van der Waals surface area (Å²) in [5.74, 6) is -0.0802. The Hall–Kier alpha value is -2.94. The van der Waals surface area contributed by atoms with Crippen molar-refractivity contribution < 1.29 is 27.4 Å². The minimum atomic E-state index is -4.52. The van der Waals surface area contributed by atoms with Crippen LogP contribution in [0.2, 0.25) is 10.0 Å². The first-order valence-corrected chi connectivity index (χ1v) is 11.9. The second kappa shape index (κ2) is 12.9. The maximum Gasteiger partial charge on any atom is 0.416 e. The summed E-state index contributed by atoms with van der Waals surface area (Å²) in [6, 6.07) is 17.6. The fraction of sp³-hybridized carbons (Fsp3) is 0.269. The van der Waals surface area contributed by atoms with Gasteiger partial charge in [-0.15, -0.1) is 0 Å². The number of likely N-dealkylation sites (N-methyl/N-ethyl adjacent to an activating group) is 1. The number of rotatable bonds is 11. The van der Waals surface area contributed by atoms with Crippen molar-refractivity contribution >= 4 is 34.8 Å². The third-order valence-electron chi connectivity index (χ3n) is 5.19. The number of benzene rings is 3. The highest BCUT2D eigenvalue weighted by molar-refractivity contribution is 6.32. The Labute approximate surface area is 217 Å². The number of carbonyl (C=O) groups is 1. The van der Waals surface area contributed by atoms with Gasteiger partial charge in [-0.05, 0) is 48.5 Å². The predicted molar refractivity (Wildman–Crippen MR) is 135 cm³/mol. The molecule has 0 heterocycles. The number of carbonyl (C=O) groups excluding carboxylic acids is 1. The molecule has 192 valence electrons. The summed E-state index contributed by atoms with van der Waals surface area (Å²) < 4.78 is 49.3. The van der Waals surface area contributed by atoms with Crippen molar-refractivity contribution in [1.29, 1.82) is 0 Å². The number of ether oxygens (including phenoxy) is 2. The Morgan fingerprint density at radius 3 is 2.25 bits per heavy atom. The van der Waals surface area contributed by atoms with Crippen LogP contribution in [0.15, 0.2) is 66.7 Å². The van der Waals surface area contributed by atoms with Crippen LogP contribution < -0.4 is 14.8 Å². The quantitative estimate of drug-likeness (QED) is 0.286. The van der Waals surface area contributed by atoms with Crippen molar-refractivity contribution in [3.05, 3.63) is 87.9 Å². The molecule has 3 aromatic rings. The largest absolute Gasteiger partial charge is 0.491 e. The second-order valence-electron chi connectivity index (χ2n) is 7.83. The Bertz CT molecular complexity index is 1160. The number of nitrogens with one attached hydrogen (secondary N) is 1. The van der Waals surface area contributed by atoms with Crippen LogP contribution in [-0.4, -0.2) is 37.1 Å². The number of nitrogens with zero attached hydrogens (tertiary/aromatic N) is 1. The van der Waals surface area contributed by atoms with E-state index in [1.54, 1.807) is 18.2 Å². The summed E-state index contributed by atoms with van der Waals surface area (Å²) in [6.45, 7) is 4.48. The maximum atomic E-state index is 12.7. The predicted octanol–water partition coefficient (Wildman–Crippen LogP) is 6.93. The number of hydrogen-bond donors (Lipinski definition) is 1. The Morgan fingerprint density at radius 1 is 0.944 bits per heavy atom. The topological polar surface area (TPSA) is 50.8 Å². The minimum Gasteiger partial charge on any atom is -0.491 e. The molecule has 0 radical (unpaired) electrons. The van der Waals surface area contributed by atoms with Crippen LogP contribution in [-0.2, 0) is 17.5 Å². The van der Waals surface area contributed by atoms with E-state index >= 15 is 0 Å². The van der Waals surface area contributed by atoms with E-state index in [2.05, 4.69) is 29.3 Å². The van der Waals surface area contributed by atoms with E-state index in [4.69, 9.17) is 32.7 Å². The van der Waals surface area contributed by atoms with Crippen molar-refractivity contribution in [2.24, 2.45) is 0 Å². The van der Waals surface area contributed by atoms with Gasteiger partial charge in [0, 0.05) is 18.8 Å². The molecule has 3 rings (SSSR count). The molecule has 0 aromatic heterocycles. The fourth-order valence-corrected chi connectivity index (χ4v) is 3.78. The van der Waals surface area contributed by atoms with Gasteiger partial charge in [0.1, 0.15) is 18.1 Å². The molecule has 0 aliphatic heterocycles. The van der Waals surface area contributed by atoms with Gasteiger partial charge in [-0.25, -0.2) is 0 Å². The lowest BCUT2D eigenvalue weighted by Gasteiger charge is -2.21. The van der Waals surface area contributed by atoms with E-state index in [9.17, 15) is 18.0 Å². The molecule has 3 aromatic carbocycles. The molecule has 36 heavy (non-hydrogen) atoms. The Morgan fingerprint density at radius 2 is 1.61 bits per heavy atom. The lowest BCUT2D eigenvalue weighted by molar-refractivity contribution is -0.137. The third kappa shape index (κ3) is 8.33. The van der Waals surface area contributed by atoms with Crippen molar-refractivity contribution in [2.75, 3.05) is 31.6 Å². The zero-order valence-electron chi connectivity index (χ0n) is 19.4. The van der Waals surface area contributed by atoms with Crippen molar-refractivity contribution in [1.82, 2.24) is 4.90 Å². The van der Waals surface area contributed by atoms with E-state index < -0.39 is 24.3 Å². The van der Waals surface area contributed by atoms with Crippen LogP contribution in [0.4, 0.5) is 18.9 Å². The Kier molecular flexibility index (Phi) is 9.87. The molecular weight excluding hydrogens is 516 g/mol. The molecule has 0 bridgehead atoms. The van der Waals surface area contributed by atoms with E-state index in [1.807, 2.05) is 18.2 Å². The third-order valence-corrected chi connectivity index (χ3v) is 5.79. The maximum absolute atomic E-state index is 12.7. The first-order valence-electron chi connectivity index (χ1n) is 11.1. The normalized spacial score (nSPS) is 11.4. The number of amides is 1. The number of alkyl halides is 3.